The summed E-state index contributed by atoms with van der Waals surface area (Å²) in [6.45, 7) is 5.77. The molecule has 0 fully saturated rings. The average molecular weight is 270 g/mol. The van der Waals surface area contributed by atoms with Crippen LogP contribution >= 0.6 is 0 Å². The Kier molecular flexibility index (Phi) is 4.35. The highest BCUT2D eigenvalue weighted by molar-refractivity contribution is 5.90. The second-order valence-corrected chi connectivity index (χ2v) is 4.72. The maximum atomic E-state index is 11.8. The second kappa shape index (κ2) is 6.19. The number of rotatable bonds is 4. The van der Waals surface area contributed by atoms with Crippen LogP contribution in [0.4, 0.5) is 5.82 Å². The summed E-state index contributed by atoms with van der Waals surface area (Å²) < 4.78 is 5.59. The van der Waals surface area contributed by atoms with Crippen molar-refractivity contribution in [2.45, 2.75) is 20.8 Å². The normalized spacial score (nSPS) is 10.2. The number of hydrogen-bond donors (Lipinski definition) is 1. The van der Waals surface area contributed by atoms with Crippen molar-refractivity contribution >= 4 is 11.7 Å². The molecule has 0 saturated carbocycles. The first-order chi connectivity index (χ1) is 9.56. The van der Waals surface area contributed by atoms with Gasteiger partial charge >= 0.3 is 0 Å². The van der Waals surface area contributed by atoms with Gasteiger partial charge in [-0.25, -0.2) is 4.98 Å². The van der Waals surface area contributed by atoms with Crippen molar-refractivity contribution in [2.24, 2.45) is 0 Å². The highest BCUT2D eigenvalue weighted by atomic mass is 16.5. The predicted molar refractivity (Wildman–Crippen MR) is 79.0 cm³/mol. The van der Waals surface area contributed by atoms with E-state index < -0.39 is 0 Å². The van der Waals surface area contributed by atoms with Gasteiger partial charge < -0.3 is 10.1 Å². The predicted octanol–water partition coefficient (Wildman–Crippen LogP) is 3.02. The number of carbonyl (C=O) groups is 1. The number of anilines is 1. The Balaban J connectivity index is 1.96. The first-order valence-electron chi connectivity index (χ1n) is 6.49. The van der Waals surface area contributed by atoms with Crippen molar-refractivity contribution in [3.05, 3.63) is 53.2 Å². The Morgan fingerprint density at radius 2 is 1.75 bits per heavy atom. The quantitative estimate of drug-likeness (QED) is 0.929. The minimum Gasteiger partial charge on any atom is -0.483 e. The summed E-state index contributed by atoms with van der Waals surface area (Å²) in [5, 5.41) is 2.72. The third kappa shape index (κ3) is 3.57. The molecule has 0 aliphatic carbocycles. The van der Waals surface area contributed by atoms with E-state index in [0.717, 1.165) is 22.6 Å². The van der Waals surface area contributed by atoms with Crippen LogP contribution in [0, 0.1) is 20.8 Å². The van der Waals surface area contributed by atoms with Crippen LogP contribution < -0.4 is 10.1 Å². The molecule has 0 radical (unpaired) electrons. The molecule has 4 heteroatoms. The van der Waals surface area contributed by atoms with Gasteiger partial charge in [0.1, 0.15) is 11.6 Å². The van der Waals surface area contributed by atoms with Crippen molar-refractivity contribution in [1.29, 1.82) is 0 Å². The number of nitrogens with zero attached hydrogens (tertiary/aromatic N) is 1. The molecule has 0 bridgehead atoms. The Hall–Kier alpha value is -2.36. The van der Waals surface area contributed by atoms with Gasteiger partial charge in [-0.15, -0.1) is 0 Å². The van der Waals surface area contributed by atoms with Gasteiger partial charge in [0.2, 0.25) is 0 Å². The molecular formula is C16H18N2O2. The van der Waals surface area contributed by atoms with Crippen LogP contribution in [-0.2, 0) is 4.79 Å². The van der Waals surface area contributed by atoms with Gasteiger partial charge in [0, 0.05) is 5.69 Å². The van der Waals surface area contributed by atoms with E-state index in [4.69, 9.17) is 4.74 Å². The molecule has 0 atom stereocenters. The monoisotopic (exact) mass is 270 g/mol. The lowest BCUT2D eigenvalue weighted by Gasteiger charge is -2.11. The molecule has 0 aliphatic heterocycles. The third-order valence-electron chi connectivity index (χ3n) is 2.91. The molecule has 0 saturated heterocycles. The van der Waals surface area contributed by atoms with Gasteiger partial charge in [-0.2, -0.15) is 0 Å². The zero-order valence-corrected chi connectivity index (χ0v) is 11.9. The van der Waals surface area contributed by atoms with Crippen LogP contribution in [-0.4, -0.2) is 17.5 Å². The minimum absolute atomic E-state index is 0.0265. The number of aryl methyl sites for hydroxylation is 3. The van der Waals surface area contributed by atoms with Crippen LogP contribution in [0.3, 0.4) is 0 Å². The maximum absolute atomic E-state index is 11.8. The third-order valence-corrected chi connectivity index (χ3v) is 2.91. The number of hydrogen-bond acceptors (Lipinski definition) is 3. The molecule has 1 N–H and O–H groups in total. The fourth-order valence-corrected chi connectivity index (χ4v) is 1.96. The van der Waals surface area contributed by atoms with E-state index in [9.17, 15) is 4.79 Å². The Morgan fingerprint density at radius 3 is 2.40 bits per heavy atom. The summed E-state index contributed by atoms with van der Waals surface area (Å²) >= 11 is 0. The van der Waals surface area contributed by atoms with E-state index in [1.807, 2.05) is 51.1 Å². The Bertz CT molecular complexity index is 603. The van der Waals surface area contributed by atoms with Crippen LogP contribution in [0.5, 0.6) is 5.75 Å². The van der Waals surface area contributed by atoms with Gasteiger partial charge in [0.25, 0.3) is 5.91 Å². The number of benzene rings is 1. The summed E-state index contributed by atoms with van der Waals surface area (Å²) in [6, 6.07) is 11.4. The molecule has 1 heterocycles. The van der Waals surface area contributed by atoms with Gasteiger partial charge in [0.15, 0.2) is 6.61 Å². The first kappa shape index (κ1) is 14.1. The van der Waals surface area contributed by atoms with Crippen molar-refractivity contribution in [2.75, 3.05) is 11.9 Å². The summed E-state index contributed by atoms with van der Waals surface area (Å²) in [4.78, 5) is 16.1. The summed E-state index contributed by atoms with van der Waals surface area (Å²) in [5.41, 5.74) is 2.90. The number of nitrogens with one attached hydrogen (secondary N) is 1. The molecule has 1 aromatic heterocycles. The second-order valence-electron chi connectivity index (χ2n) is 4.72. The van der Waals surface area contributed by atoms with Crippen LogP contribution in [0.2, 0.25) is 0 Å². The zero-order chi connectivity index (χ0) is 14.5. The average Bonchev–Trinajstić information content (AvgIpc) is 2.38. The maximum Gasteiger partial charge on any atom is 0.263 e. The fourth-order valence-electron chi connectivity index (χ4n) is 1.96. The number of ether oxygens (including phenoxy) is 1. The van der Waals surface area contributed by atoms with E-state index in [1.165, 1.54) is 0 Å². The number of aromatic nitrogens is 1. The zero-order valence-electron chi connectivity index (χ0n) is 11.9. The number of pyridine rings is 1. The number of para-hydroxylation sites is 1. The van der Waals surface area contributed by atoms with Gasteiger partial charge in [-0.1, -0.05) is 24.3 Å². The smallest absolute Gasteiger partial charge is 0.263 e. The summed E-state index contributed by atoms with van der Waals surface area (Å²) in [7, 11) is 0. The minimum atomic E-state index is -0.217. The van der Waals surface area contributed by atoms with Gasteiger partial charge in [-0.3, -0.25) is 4.79 Å². The van der Waals surface area contributed by atoms with Gasteiger partial charge in [-0.05, 0) is 44.0 Å². The molecule has 2 rings (SSSR count). The highest BCUT2D eigenvalue weighted by Crippen LogP contribution is 2.22. The molecule has 0 unspecified atom stereocenters. The molecule has 2 aromatic rings. The van der Waals surface area contributed by atoms with Gasteiger partial charge in [0.05, 0.1) is 0 Å². The Labute approximate surface area is 118 Å². The molecule has 4 nitrogen and oxygen atoms in total. The highest BCUT2D eigenvalue weighted by Gasteiger charge is 2.08. The fraction of sp³-hybridized carbons (Fsp3) is 0.250. The van der Waals surface area contributed by atoms with E-state index in [-0.39, 0.29) is 12.5 Å². The summed E-state index contributed by atoms with van der Waals surface area (Å²) in [5.74, 6) is 1.09. The summed E-state index contributed by atoms with van der Waals surface area (Å²) in [6.07, 6.45) is 0. The lowest BCUT2D eigenvalue weighted by molar-refractivity contribution is -0.118. The molecule has 1 amide bonds. The van der Waals surface area contributed by atoms with E-state index in [0.29, 0.717) is 5.82 Å². The molecular weight excluding hydrogens is 252 g/mol. The van der Waals surface area contributed by atoms with Crippen molar-refractivity contribution in [3.8, 4) is 5.75 Å². The lowest BCUT2D eigenvalue weighted by Crippen LogP contribution is -2.21. The van der Waals surface area contributed by atoms with Crippen molar-refractivity contribution < 1.29 is 9.53 Å². The molecule has 20 heavy (non-hydrogen) atoms. The largest absolute Gasteiger partial charge is 0.483 e. The number of carbonyl (C=O) groups excluding carboxylic acids is 1. The van der Waals surface area contributed by atoms with E-state index in [2.05, 4.69) is 10.3 Å². The topological polar surface area (TPSA) is 51.2 Å². The molecule has 0 spiro atoms. The Morgan fingerprint density at radius 1 is 1.10 bits per heavy atom. The van der Waals surface area contributed by atoms with E-state index >= 15 is 0 Å². The SMILES string of the molecule is Cc1cccc(NC(=O)COc2c(C)cccc2C)n1. The van der Waals surface area contributed by atoms with Crippen molar-refractivity contribution in [3.63, 3.8) is 0 Å². The molecule has 0 aliphatic rings. The molecule has 1 aromatic carbocycles. The number of amides is 1. The van der Waals surface area contributed by atoms with Crippen LogP contribution in [0.25, 0.3) is 0 Å². The molecule has 104 valence electrons. The van der Waals surface area contributed by atoms with Crippen LogP contribution in [0.1, 0.15) is 16.8 Å². The van der Waals surface area contributed by atoms with E-state index in [1.54, 1.807) is 6.07 Å². The lowest BCUT2D eigenvalue weighted by atomic mass is 10.1. The standard InChI is InChI=1S/C16H18N2O2/c1-11-6-4-7-12(2)16(11)20-10-15(19)18-14-9-5-8-13(3)17-14/h4-9H,10H2,1-3H3,(H,17,18,19). The van der Waals surface area contributed by atoms with Crippen molar-refractivity contribution in [1.82, 2.24) is 4.98 Å². The first-order valence-corrected chi connectivity index (χ1v) is 6.49. The van der Waals surface area contributed by atoms with Crippen LogP contribution in [0.15, 0.2) is 36.4 Å².